The Kier molecular flexibility index (Phi) is 6.15. The van der Waals surface area contributed by atoms with E-state index < -0.39 is 27.7 Å². The molecule has 9 heteroatoms. The van der Waals surface area contributed by atoms with Crippen molar-refractivity contribution < 1.29 is 22.7 Å². The predicted molar refractivity (Wildman–Crippen MR) is 108 cm³/mol. The predicted octanol–water partition coefficient (Wildman–Crippen LogP) is 1.83. The lowest BCUT2D eigenvalue weighted by atomic mass is 10.2. The van der Waals surface area contributed by atoms with Gasteiger partial charge in [0.25, 0.3) is 11.8 Å². The molecule has 1 saturated heterocycles. The second kappa shape index (κ2) is 8.57. The van der Waals surface area contributed by atoms with Crippen LogP contribution in [0.2, 0.25) is 0 Å². The first-order valence-electron chi connectivity index (χ1n) is 8.58. The van der Waals surface area contributed by atoms with Crippen LogP contribution in [0.1, 0.15) is 21.7 Å². The van der Waals surface area contributed by atoms with E-state index in [0.29, 0.717) is 17.7 Å². The molecule has 1 aliphatic rings. The van der Waals surface area contributed by atoms with Crippen LogP contribution in [-0.4, -0.2) is 44.9 Å². The molecule has 1 aliphatic heterocycles. The van der Waals surface area contributed by atoms with Crippen molar-refractivity contribution in [1.82, 2.24) is 10.6 Å². The number of nitrogens with one attached hydrogen (secondary N) is 2. The van der Waals surface area contributed by atoms with Crippen molar-refractivity contribution in [1.29, 1.82) is 0 Å². The van der Waals surface area contributed by atoms with E-state index in [1.807, 2.05) is 17.5 Å². The molecule has 1 aromatic heterocycles. The van der Waals surface area contributed by atoms with Gasteiger partial charge in [0.15, 0.2) is 9.84 Å². The van der Waals surface area contributed by atoms with Gasteiger partial charge in [-0.15, -0.1) is 11.3 Å². The van der Waals surface area contributed by atoms with Crippen LogP contribution in [-0.2, 0) is 14.6 Å². The summed E-state index contributed by atoms with van der Waals surface area (Å²) in [6, 6.07) is 9.69. The molecule has 3 rings (SSSR count). The van der Waals surface area contributed by atoms with Crippen molar-refractivity contribution in [3.8, 4) is 5.75 Å². The minimum atomic E-state index is -3.12. The third kappa shape index (κ3) is 5.20. The summed E-state index contributed by atoms with van der Waals surface area (Å²) in [5.41, 5.74) is 0.432. The Labute approximate surface area is 167 Å². The van der Waals surface area contributed by atoms with Crippen molar-refractivity contribution >= 4 is 39.1 Å². The lowest BCUT2D eigenvalue weighted by Gasteiger charge is -2.14. The van der Waals surface area contributed by atoms with Gasteiger partial charge in [0.1, 0.15) is 11.4 Å². The van der Waals surface area contributed by atoms with E-state index in [-0.39, 0.29) is 17.2 Å². The maximum atomic E-state index is 12.7. The highest BCUT2D eigenvalue weighted by Gasteiger charge is 2.30. The molecule has 28 heavy (non-hydrogen) atoms. The summed E-state index contributed by atoms with van der Waals surface area (Å²) in [5.74, 6) is -0.375. The smallest absolute Gasteiger partial charge is 0.268 e. The fourth-order valence-electron chi connectivity index (χ4n) is 2.78. The third-order valence-electron chi connectivity index (χ3n) is 4.24. The highest BCUT2D eigenvalue weighted by Crippen LogP contribution is 2.16. The minimum Gasteiger partial charge on any atom is -0.497 e. The van der Waals surface area contributed by atoms with Gasteiger partial charge in [-0.05, 0) is 48.2 Å². The molecule has 2 heterocycles. The van der Waals surface area contributed by atoms with E-state index in [0.717, 1.165) is 4.88 Å². The number of hydrogen-bond acceptors (Lipinski definition) is 6. The Morgan fingerprint density at radius 3 is 2.54 bits per heavy atom. The number of thiophene rings is 1. The van der Waals surface area contributed by atoms with Gasteiger partial charge in [-0.25, -0.2) is 8.42 Å². The largest absolute Gasteiger partial charge is 0.497 e. The highest BCUT2D eigenvalue weighted by molar-refractivity contribution is 7.91. The van der Waals surface area contributed by atoms with Crippen LogP contribution in [0.3, 0.4) is 0 Å². The first kappa shape index (κ1) is 20.1. The van der Waals surface area contributed by atoms with Gasteiger partial charge >= 0.3 is 0 Å². The second-order valence-corrected chi connectivity index (χ2v) is 9.54. The van der Waals surface area contributed by atoms with E-state index in [1.165, 1.54) is 18.4 Å². The molecular formula is C19H20N2O5S2. The summed E-state index contributed by atoms with van der Waals surface area (Å²) in [6.45, 7) is 0. The number of hydrogen-bond donors (Lipinski definition) is 2. The summed E-state index contributed by atoms with van der Waals surface area (Å²) in [6.07, 6.45) is 1.94. The Balaban J connectivity index is 1.77. The quantitative estimate of drug-likeness (QED) is 0.695. The molecule has 148 valence electrons. The third-order valence-corrected chi connectivity index (χ3v) is 6.83. The summed E-state index contributed by atoms with van der Waals surface area (Å²) >= 11 is 1.42. The van der Waals surface area contributed by atoms with E-state index in [1.54, 1.807) is 30.3 Å². The van der Waals surface area contributed by atoms with Gasteiger partial charge in [0, 0.05) is 16.5 Å². The molecule has 0 spiro atoms. The lowest BCUT2D eigenvalue weighted by Crippen LogP contribution is -2.41. The number of amides is 2. The fraction of sp³-hybridized carbons (Fsp3) is 0.263. The maximum Gasteiger partial charge on any atom is 0.268 e. The first-order valence-corrected chi connectivity index (χ1v) is 11.3. The summed E-state index contributed by atoms with van der Waals surface area (Å²) in [7, 11) is -1.59. The van der Waals surface area contributed by atoms with Gasteiger partial charge in [-0.2, -0.15) is 0 Å². The Bertz CT molecular complexity index is 980. The number of carbonyl (C=O) groups excluding carboxylic acids is 2. The average molecular weight is 421 g/mol. The van der Waals surface area contributed by atoms with E-state index in [4.69, 9.17) is 4.74 Å². The molecule has 1 atom stereocenters. The number of methoxy groups -OCH3 is 1. The average Bonchev–Trinajstić information content (AvgIpc) is 3.30. The van der Waals surface area contributed by atoms with E-state index in [9.17, 15) is 18.0 Å². The van der Waals surface area contributed by atoms with Gasteiger partial charge in [0.05, 0.1) is 18.6 Å². The molecule has 1 fully saturated rings. The van der Waals surface area contributed by atoms with Crippen molar-refractivity contribution in [3.63, 3.8) is 0 Å². The normalized spacial score (nSPS) is 18.5. The van der Waals surface area contributed by atoms with Gasteiger partial charge < -0.3 is 15.4 Å². The molecule has 0 saturated carbocycles. The monoisotopic (exact) mass is 420 g/mol. The van der Waals surface area contributed by atoms with Crippen LogP contribution >= 0.6 is 11.3 Å². The zero-order valence-corrected chi connectivity index (χ0v) is 16.8. The number of ether oxygens (including phenoxy) is 1. The summed E-state index contributed by atoms with van der Waals surface area (Å²) in [5, 5.41) is 7.19. The van der Waals surface area contributed by atoms with Crippen LogP contribution in [0.4, 0.5) is 0 Å². The molecule has 0 unspecified atom stereocenters. The summed E-state index contributed by atoms with van der Waals surface area (Å²) in [4.78, 5) is 26.1. The topological polar surface area (TPSA) is 102 Å². The van der Waals surface area contributed by atoms with E-state index in [2.05, 4.69) is 10.6 Å². The van der Waals surface area contributed by atoms with Crippen LogP contribution in [0, 0.1) is 0 Å². The minimum absolute atomic E-state index is 0.0557. The fourth-order valence-corrected chi connectivity index (χ4v) is 5.11. The maximum absolute atomic E-state index is 12.7. The number of sulfone groups is 1. The Morgan fingerprint density at radius 2 is 1.96 bits per heavy atom. The number of benzene rings is 1. The Morgan fingerprint density at radius 1 is 1.21 bits per heavy atom. The zero-order chi connectivity index (χ0) is 20.1. The van der Waals surface area contributed by atoms with Crippen LogP contribution in [0.5, 0.6) is 5.75 Å². The standard InChI is InChI=1S/C19H20N2O5S2/c1-26-15-6-4-13(5-7-15)18(22)21-17(11-16-3-2-9-27-16)19(23)20-14-8-10-28(24,25)12-14/h2-7,9,11,14H,8,10,12H2,1H3,(H,20,23)(H,21,22)/b17-11+/t14-/m0/s1. The van der Waals surface area contributed by atoms with Crippen molar-refractivity contribution in [3.05, 3.63) is 57.9 Å². The SMILES string of the molecule is COc1ccc(C(=O)N/C(=C/c2cccs2)C(=O)N[C@H]2CCS(=O)(=O)C2)cc1. The molecule has 0 radical (unpaired) electrons. The summed E-state index contributed by atoms with van der Waals surface area (Å²) < 4.78 is 28.3. The van der Waals surface area contributed by atoms with Crippen LogP contribution in [0.15, 0.2) is 47.5 Å². The first-order chi connectivity index (χ1) is 13.4. The van der Waals surface area contributed by atoms with Crippen molar-refractivity contribution in [2.45, 2.75) is 12.5 Å². The number of rotatable bonds is 6. The van der Waals surface area contributed by atoms with Gasteiger partial charge in [-0.3, -0.25) is 9.59 Å². The molecule has 2 aromatic rings. The highest BCUT2D eigenvalue weighted by atomic mass is 32.2. The number of carbonyl (C=O) groups is 2. The molecule has 2 amide bonds. The van der Waals surface area contributed by atoms with Crippen LogP contribution < -0.4 is 15.4 Å². The second-order valence-electron chi connectivity index (χ2n) is 6.33. The Hall–Kier alpha value is -2.65. The van der Waals surface area contributed by atoms with Crippen molar-refractivity contribution in [2.24, 2.45) is 0 Å². The molecule has 7 nitrogen and oxygen atoms in total. The lowest BCUT2D eigenvalue weighted by molar-refractivity contribution is -0.118. The molecule has 0 bridgehead atoms. The van der Waals surface area contributed by atoms with Crippen molar-refractivity contribution in [2.75, 3.05) is 18.6 Å². The zero-order valence-electron chi connectivity index (χ0n) is 15.2. The molecule has 2 N–H and O–H groups in total. The van der Waals surface area contributed by atoms with Crippen LogP contribution in [0.25, 0.3) is 6.08 Å². The van der Waals surface area contributed by atoms with Gasteiger partial charge in [-0.1, -0.05) is 6.07 Å². The molecular weight excluding hydrogens is 400 g/mol. The van der Waals surface area contributed by atoms with Gasteiger partial charge in [0.2, 0.25) is 0 Å². The molecule has 1 aromatic carbocycles. The van der Waals surface area contributed by atoms with E-state index >= 15 is 0 Å². The molecule has 0 aliphatic carbocycles.